The van der Waals surface area contributed by atoms with Crippen molar-refractivity contribution >= 4 is 11.9 Å². The van der Waals surface area contributed by atoms with Crippen molar-refractivity contribution in [2.45, 2.75) is 12.5 Å². The normalized spacial score (nSPS) is 20.6. The van der Waals surface area contributed by atoms with Gasteiger partial charge in [0.1, 0.15) is 11.3 Å². The molecule has 1 aliphatic rings. The molecule has 2 aromatic rings. The van der Waals surface area contributed by atoms with Gasteiger partial charge in [0.15, 0.2) is 0 Å². The zero-order valence-electron chi connectivity index (χ0n) is 13.3. The Morgan fingerprint density at radius 1 is 1.04 bits per heavy atom. The van der Waals surface area contributed by atoms with E-state index in [0.29, 0.717) is 0 Å². The van der Waals surface area contributed by atoms with Gasteiger partial charge in [-0.2, -0.15) is 0 Å². The second-order valence-corrected chi connectivity index (χ2v) is 5.73. The number of rotatable bonds is 3. The van der Waals surface area contributed by atoms with Crippen LogP contribution in [0.1, 0.15) is 12.5 Å². The average Bonchev–Trinajstić information content (AvgIpc) is 2.79. The number of nitrogens with zero attached hydrogens (tertiary/aromatic N) is 1. The molecule has 0 spiro atoms. The summed E-state index contributed by atoms with van der Waals surface area (Å²) in [7, 11) is 3.11. The molecule has 0 aromatic heterocycles. The standard InChI is InChI=1S/C18H18N2O3/c1-18(16(21)20(2)17(22)19-18)14-8-4-6-12(10-14)13-7-5-9-15(11-13)23-3/h4-11H,1-3H3,(H,19,22). The first-order chi connectivity index (χ1) is 11.0. The molecule has 0 saturated carbocycles. The number of hydrogen-bond acceptors (Lipinski definition) is 3. The Morgan fingerprint density at radius 3 is 2.30 bits per heavy atom. The molecule has 0 aliphatic carbocycles. The summed E-state index contributed by atoms with van der Waals surface area (Å²) in [6.45, 7) is 1.72. The molecule has 1 unspecified atom stereocenters. The highest BCUT2D eigenvalue weighted by Crippen LogP contribution is 2.31. The SMILES string of the molecule is COc1cccc(-c2cccc(C3(C)NC(=O)N(C)C3=O)c2)c1. The molecule has 3 amide bonds. The Bertz CT molecular complexity index is 787. The first-order valence-corrected chi connectivity index (χ1v) is 7.31. The maximum Gasteiger partial charge on any atom is 0.325 e. The van der Waals surface area contributed by atoms with E-state index in [1.54, 1.807) is 14.0 Å². The van der Waals surface area contributed by atoms with E-state index in [1.165, 1.54) is 7.05 Å². The predicted molar refractivity (Wildman–Crippen MR) is 87.1 cm³/mol. The number of benzene rings is 2. The summed E-state index contributed by atoms with van der Waals surface area (Å²) in [5, 5.41) is 2.76. The number of carbonyl (C=O) groups excluding carboxylic acids is 2. The fourth-order valence-electron chi connectivity index (χ4n) is 2.79. The number of carbonyl (C=O) groups is 2. The van der Waals surface area contributed by atoms with E-state index >= 15 is 0 Å². The van der Waals surface area contributed by atoms with E-state index in [9.17, 15) is 9.59 Å². The van der Waals surface area contributed by atoms with Crippen molar-refractivity contribution in [1.29, 1.82) is 0 Å². The Balaban J connectivity index is 2.03. The lowest BCUT2D eigenvalue weighted by atomic mass is 9.89. The zero-order chi connectivity index (χ0) is 16.6. The van der Waals surface area contributed by atoms with Crippen LogP contribution in [0.4, 0.5) is 4.79 Å². The molecule has 5 heteroatoms. The van der Waals surface area contributed by atoms with Gasteiger partial charge in [-0.3, -0.25) is 9.69 Å². The first-order valence-electron chi connectivity index (χ1n) is 7.31. The third kappa shape index (κ3) is 2.44. The van der Waals surface area contributed by atoms with Crippen LogP contribution < -0.4 is 10.1 Å². The highest BCUT2D eigenvalue weighted by molar-refractivity contribution is 6.07. The van der Waals surface area contributed by atoms with Gasteiger partial charge >= 0.3 is 6.03 Å². The molecule has 1 heterocycles. The number of imide groups is 1. The van der Waals surface area contributed by atoms with E-state index in [1.807, 2.05) is 48.5 Å². The number of methoxy groups -OCH3 is 1. The molecule has 23 heavy (non-hydrogen) atoms. The molecule has 5 nitrogen and oxygen atoms in total. The van der Waals surface area contributed by atoms with Crippen molar-refractivity contribution in [1.82, 2.24) is 10.2 Å². The lowest BCUT2D eigenvalue weighted by molar-refractivity contribution is -0.130. The number of hydrogen-bond donors (Lipinski definition) is 1. The second-order valence-electron chi connectivity index (χ2n) is 5.73. The van der Waals surface area contributed by atoms with Crippen LogP contribution in [-0.2, 0) is 10.3 Å². The van der Waals surface area contributed by atoms with E-state index in [2.05, 4.69) is 5.32 Å². The van der Waals surface area contributed by atoms with Crippen molar-refractivity contribution in [3.63, 3.8) is 0 Å². The zero-order valence-corrected chi connectivity index (χ0v) is 13.3. The summed E-state index contributed by atoms with van der Waals surface area (Å²) in [6, 6.07) is 14.9. The summed E-state index contributed by atoms with van der Waals surface area (Å²) in [5.74, 6) is 0.509. The highest BCUT2D eigenvalue weighted by atomic mass is 16.5. The average molecular weight is 310 g/mol. The predicted octanol–water partition coefficient (Wildman–Crippen LogP) is 2.76. The number of amides is 3. The van der Waals surface area contributed by atoms with E-state index < -0.39 is 5.54 Å². The molecule has 3 rings (SSSR count). The van der Waals surface area contributed by atoms with Gasteiger partial charge in [0.2, 0.25) is 0 Å². The molecular formula is C18H18N2O3. The largest absolute Gasteiger partial charge is 0.497 e. The fourth-order valence-corrected chi connectivity index (χ4v) is 2.79. The summed E-state index contributed by atoms with van der Waals surface area (Å²) in [6.07, 6.45) is 0. The Morgan fingerprint density at radius 2 is 1.70 bits per heavy atom. The third-order valence-electron chi connectivity index (χ3n) is 4.24. The summed E-state index contributed by atoms with van der Waals surface area (Å²) in [5.41, 5.74) is 1.65. The van der Waals surface area contributed by atoms with Gasteiger partial charge in [-0.05, 0) is 41.8 Å². The Kier molecular flexibility index (Phi) is 3.56. The molecule has 1 N–H and O–H groups in total. The fraction of sp³-hybridized carbons (Fsp3) is 0.222. The van der Waals surface area contributed by atoms with Crippen LogP contribution in [-0.4, -0.2) is 31.0 Å². The third-order valence-corrected chi connectivity index (χ3v) is 4.24. The van der Waals surface area contributed by atoms with E-state index in [0.717, 1.165) is 27.3 Å². The van der Waals surface area contributed by atoms with E-state index in [4.69, 9.17) is 4.74 Å². The van der Waals surface area contributed by atoms with Crippen LogP contribution in [0.2, 0.25) is 0 Å². The number of nitrogens with one attached hydrogen (secondary N) is 1. The number of ether oxygens (including phenoxy) is 1. The maximum absolute atomic E-state index is 12.4. The van der Waals surface area contributed by atoms with Gasteiger partial charge in [-0.15, -0.1) is 0 Å². The van der Waals surface area contributed by atoms with Gasteiger partial charge < -0.3 is 10.1 Å². The van der Waals surface area contributed by atoms with Gasteiger partial charge in [-0.1, -0.05) is 30.3 Å². The van der Waals surface area contributed by atoms with Crippen LogP contribution in [0.25, 0.3) is 11.1 Å². The Labute approximate surface area is 134 Å². The molecule has 2 aromatic carbocycles. The van der Waals surface area contributed by atoms with Crippen LogP contribution >= 0.6 is 0 Å². The topological polar surface area (TPSA) is 58.6 Å². The van der Waals surface area contributed by atoms with Gasteiger partial charge in [-0.25, -0.2) is 4.79 Å². The molecule has 1 aliphatic heterocycles. The van der Waals surface area contributed by atoms with E-state index in [-0.39, 0.29) is 11.9 Å². The van der Waals surface area contributed by atoms with Gasteiger partial charge in [0.25, 0.3) is 5.91 Å². The second kappa shape index (κ2) is 5.43. The van der Waals surface area contributed by atoms with Crippen LogP contribution in [0.3, 0.4) is 0 Å². The highest BCUT2D eigenvalue weighted by Gasteiger charge is 2.47. The van der Waals surface area contributed by atoms with Crippen LogP contribution in [0.15, 0.2) is 48.5 Å². The lowest BCUT2D eigenvalue weighted by Crippen LogP contribution is -2.40. The number of urea groups is 1. The van der Waals surface area contributed by atoms with Crippen molar-refractivity contribution in [2.24, 2.45) is 0 Å². The summed E-state index contributed by atoms with van der Waals surface area (Å²) >= 11 is 0. The van der Waals surface area contributed by atoms with Crippen molar-refractivity contribution in [3.8, 4) is 16.9 Å². The summed E-state index contributed by atoms with van der Waals surface area (Å²) in [4.78, 5) is 25.3. The number of likely N-dealkylation sites (N-methyl/N-ethyl adjacent to an activating group) is 1. The first kappa shape index (κ1) is 15.1. The van der Waals surface area contributed by atoms with Crippen LogP contribution in [0, 0.1) is 0 Å². The van der Waals surface area contributed by atoms with Gasteiger partial charge in [0, 0.05) is 7.05 Å². The molecule has 1 saturated heterocycles. The minimum Gasteiger partial charge on any atom is -0.497 e. The summed E-state index contributed by atoms with van der Waals surface area (Å²) < 4.78 is 5.25. The van der Waals surface area contributed by atoms with Crippen molar-refractivity contribution < 1.29 is 14.3 Å². The Hall–Kier alpha value is -2.82. The quantitative estimate of drug-likeness (QED) is 0.887. The van der Waals surface area contributed by atoms with Crippen LogP contribution in [0.5, 0.6) is 5.75 Å². The molecule has 118 valence electrons. The molecule has 0 radical (unpaired) electrons. The minimum absolute atomic E-state index is 0.259. The molecule has 0 bridgehead atoms. The minimum atomic E-state index is -1.04. The molecule has 1 atom stereocenters. The lowest BCUT2D eigenvalue weighted by Gasteiger charge is -2.22. The molecular weight excluding hydrogens is 292 g/mol. The van der Waals surface area contributed by atoms with Crippen molar-refractivity contribution in [3.05, 3.63) is 54.1 Å². The smallest absolute Gasteiger partial charge is 0.325 e. The van der Waals surface area contributed by atoms with Crippen molar-refractivity contribution in [2.75, 3.05) is 14.2 Å². The maximum atomic E-state index is 12.4. The van der Waals surface area contributed by atoms with Gasteiger partial charge in [0.05, 0.1) is 7.11 Å². The monoisotopic (exact) mass is 310 g/mol. The molecule has 1 fully saturated rings.